The van der Waals surface area contributed by atoms with Crippen LogP contribution >= 0.6 is 15.9 Å². The molecule has 96 valence electrons. The molecule has 2 aromatic rings. The van der Waals surface area contributed by atoms with Gasteiger partial charge >= 0.3 is 0 Å². The summed E-state index contributed by atoms with van der Waals surface area (Å²) >= 11 is 3.57. The van der Waals surface area contributed by atoms with Gasteiger partial charge in [-0.1, -0.05) is 22.0 Å². The van der Waals surface area contributed by atoms with Gasteiger partial charge < -0.3 is 4.57 Å². The van der Waals surface area contributed by atoms with E-state index in [0.717, 1.165) is 16.9 Å². The minimum atomic E-state index is 0.178. The van der Waals surface area contributed by atoms with Gasteiger partial charge in [-0.2, -0.15) is 0 Å². The zero-order valence-corrected chi connectivity index (χ0v) is 12.5. The molecule has 0 aliphatic carbocycles. The number of alkyl halides is 1. The van der Waals surface area contributed by atoms with Crippen molar-refractivity contribution in [2.45, 2.75) is 38.6 Å². The quantitative estimate of drug-likeness (QED) is 0.806. The van der Waals surface area contributed by atoms with Crippen LogP contribution in [0.3, 0.4) is 0 Å². The summed E-state index contributed by atoms with van der Waals surface area (Å²) in [5.74, 6) is 1.19. The van der Waals surface area contributed by atoms with Gasteiger partial charge in [-0.3, -0.25) is 4.79 Å². The third-order valence-electron chi connectivity index (χ3n) is 2.98. The van der Waals surface area contributed by atoms with Crippen LogP contribution in [-0.4, -0.2) is 15.3 Å². The number of hydrogen-bond acceptors (Lipinski definition) is 2. The third-order valence-corrected chi connectivity index (χ3v) is 3.39. The van der Waals surface area contributed by atoms with Crippen molar-refractivity contribution in [1.82, 2.24) is 9.55 Å². The molecule has 1 aromatic carbocycles. The highest BCUT2D eigenvalue weighted by molar-refractivity contribution is 9.09. The first-order valence-electron chi connectivity index (χ1n) is 6.09. The summed E-state index contributed by atoms with van der Waals surface area (Å²) in [6, 6.07) is 6.24. The van der Waals surface area contributed by atoms with Gasteiger partial charge in [-0.05, 0) is 38.5 Å². The van der Waals surface area contributed by atoms with Gasteiger partial charge in [0, 0.05) is 13.0 Å². The summed E-state index contributed by atoms with van der Waals surface area (Å²) in [5.41, 5.74) is 3.30. The lowest BCUT2D eigenvalue weighted by Gasteiger charge is -2.09. The maximum Gasteiger partial charge on any atom is 0.131 e. The molecule has 1 aromatic heterocycles. The normalized spacial score (nSPS) is 12.9. The molecule has 0 spiro atoms. The number of imidazole rings is 1. The minimum Gasteiger partial charge on any atom is -0.327 e. The number of nitrogens with zero attached hydrogens (tertiary/aromatic N) is 2. The van der Waals surface area contributed by atoms with E-state index in [2.05, 4.69) is 57.5 Å². The van der Waals surface area contributed by atoms with Crippen molar-refractivity contribution in [3.05, 3.63) is 29.6 Å². The van der Waals surface area contributed by atoms with E-state index in [1.165, 1.54) is 5.56 Å². The first-order valence-corrected chi connectivity index (χ1v) is 7.01. The highest BCUT2D eigenvalue weighted by atomic mass is 79.9. The van der Waals surface area contributed by atoms with Gasteiger partial charge in [-0.15, -0.1) is 0 Å². The highest BCUT2D eigenvalue weighted by Crippen LogP contribution is 2.26. The van der Waals surface area contributed by atoms with Crippen LogP contribution in [-0.2, 0) is 11.3 Å². The summed E-state index contributed by atoms with van der Waals surface area (Å²) < 4.78 is 2.13. The van der Waals surface area contributed by atoms with Gasteiger partial charge in [-0.25, -0.2) is 4.98 Å². The molecule has 3 nitrogen and oxygen atoms in total. The third kappa shape index (κ3) is 2.64. The average molecular weight is 309 g/mol. The molecule has 1 heterocycles. The van der Waals surface area contributed by atoms with Crippen LogP contribution < -0.4 is 0 Å². The molecule has 0 saturated heterocycles. The van der Waals surface area contributed by atoms with Crippen molar-refractivity contribution in [2.75, 3.05) is 0 Å². The van der Waals surface area contributed by atoms with Crippen LogP contribution in [0.5, 0.6) is 0 Å². The van der Waals surface area contributed by atoms with Crippen LogP contribution in [0, 0.1) is 6.92 Å². The Bertz CT molecular complexity index is 587. The number of carbonyl (C=O) groups excluding carboxylic acids is 1. The maximum atomic E-state index is 11.2. The fraction of sp³-hybridized carbons (Fsp3) is 0.429. The number of ketones is 1. The molecule has 0 bridgehead atoms. The lowest BCUT2D eigenvalue weighted by Crippen LogP contribution is -2.07. The molecular weight excluding hydrogens is 292 g/mol. The largest absolute Gasteiger partial charge is 0.327 e. The number of hydrogen-bond donors (Lipinski definition) is 0. The monoisotopic (exact) mass is 308 g/mol. The van der Waals surface area contributed by atoms with E-state index in [-0.39, 0.29) is 10.6 Å². The van der Waals surface area contributed by atoms with E-state index in [1.807, 2.05) is 0 Å². The summed E-state index contributed by atoms with van der Waals surface area (Å²) in [6.45, 7) is 6.43. The highest BCUT2D eigenvalue weighted by Gasteiger charge is 2.14. The Morgan fingerprint density at radius 2 is 2.22 bits per heavy atom. The predicted octanol–water partition coefficient (Wildman–Crippen LogP) is 3.78. The van der Waals surface area contributed by atoms with Gasteiger partial charge in [0.1, 0.15) is 11.6 Å². The first-order chi connectivity index (χ1) is 8.49. The molecule has 0 aliphatic heterocycles. The van der Waals surface area contributed by atoms with E-state index in [1.54, 1.807) is 6.92 Å². The Morgan fingerprint density at radius 3 is 2.83 bits per heavy atom. The van der Waals surface area contributed by atoms with Crippen molar-refractivity contribution in [1.29, 1.82) is 0 Å². The number of carbonyl (C=O) groups is 1. The molecule has 2 rings (SSSR count). The van der Waals surface area contributed by atoms with Crippen molar-refractivity contribution in [3.8, 4) is 0 Å². The Hall–Kier alpha value is -1.16. The fourth-order valence-electron chi connectivity index (χ4n) is 2.07. The van der Waals surface area contributed by atoms with Crippen LogP contribution in [0.15, 0.2) is 18.2 Å². The minimum absolute atomic E-state index is 0.178. The Labute approximate surface area is 115 Å². The topological polar surface area (TPSA) is 34.9 Å². The number of fused-ring (bicyclic) bond motifs is 1. The van der Waals surface area contributed by atoms with Crippen molar-refractivity contribution >= 4 is 32.7 Å². The Morgan fingerprint density at radius 1 is 1.50 bits per heavy atom. The van der Waals surface area contributed by atoms with Crippen LogP contribution in [0.2, 0.25) is 0 Å². The van der Waals surface area contributed by atoms with Gasteiger partial charge in [0.2, 0.25) is 0 Å². The fourth-order valence-corrected chi connectivity index (χ4v) is 2.42. The molecular formula is C14H17BrN2O. The van der Waals surface area contributed by atoms with Crippen molar-refractivity contribution in [3.63, 3.8) is 0 Å². The SMILES string of the molecule is CC(=O)CCn1c(C(C)Br)nc2cc(C)ccc21. The average Bonchev–Trinajstić information content (AvgIpc) is 2.64. The molecule has 4 heteroatoms. The molecule has 0 fully saturated rings. The zero-order valence-electron chi connectivity index (χ0n) is 10.9. The molecule has 1 atom stereocenters. The molecule has 1 unspecified atom stereocenters. The summed E-state index contributed by atoms with van der Waals surface area (Å²) in [7, 11) is 0. The second kappa shape index (κ2) is 5.22. The second-order valence-electron chi connectivity index (χ2n) is 4.68. The lowest BCUT2D eigenvalue weighted by atomic mass is 10.2. The smallest absolute Gasteiger partial charge is 0.131 e. The maximum absolute atomic E-state index is 11.2. The summed E-state index contributed by atoms with van der Waals surface area (Å²) in [6.07, 6.45) is 0.548. The molecule has 18 heavy (non-hydrogen) atoms. The Kier molecular flexibility index (Phi) is 3.85. The van der Waals surface area contributed by atoms with E-state index in [0.29, 0.717) is 13.0 Å². The predicted molar refractivity (Wildman–Crippen MR) is 77.1 cm³/mol. The van der Waals surface area contributed by atoms with Crippen LogP contribution in [0.25, 0.3) is 11.0 Å². The van der Waals surface area contributed by atoms with Gasteiger partial charge in [0.25, 0.3) is 0 Å². The number of Topliss-reactive ketones (excluding diaryl/α,β-unsaturated/α-hetero) is 1. The lowest BCUT2D eigenvalue weighted by molar-refractivity contribution is -0.117. The van der Waals surface area contributed by atoms with Crippen molar-refractivity contribution < 1.29 is 4.79 Å². The summed E-state index contributed by atoms with van der Waals surface area (Å²) in [4.78, 5) is 16.0. The van der Waals surface area contributed by atoms with E-state index in [4.69, 9.17) is 0 Å². The second-order valence-corrected chi connectivity index (χ2v) is 6.06. The number of aromatic nitrogens is 2. The number of benzene rings is 1. The standard InChI is InChI=1S/C14H17BrN2O/c1-9-4-5-13-12(8-9)16-14(11(3)15)17(13)7-6-10(2)18/h4-5,8,11H,6-7H2,1-3H3. The first kappa shape index (κ1) is 13.3. The van der Waals surface area contributed by atoms with Crippen molar-refractivity contribution in [2.24, 2.45) is 0 Å². The van der Waals surface area contributed by atoms with Crippen LogP contribution in [0.4, 0.5) is 0 Å². The van der Waals surface area contributed by atoms with E-state index >= 15 is 0 Å². The number of halogens is 1. The Balaban J connectivity index is 2.52. The number of rotatable bonds is 4. The van der Waals surface area contributed by atoms with Crippen LogP contribution in [0.1, 0.15) is 36.5 Å². The molecule has 0 aliphatic rings. The zero-order chi connectivity index (χ0) is 13.3. The molecule has 0 N–H and O–H groups in total. The van der Waals surface area contributed by atoms with Gasteiger partial charge in [0.15, 0.2) is 0 Å². The number of aryl methyl sites for hydroxylation is 2. The van der Waals surface area contributed by atoms with E-state index < -0.39 is 0 Å². The molecule has 0 saturated carbocycles. The van der Waals surface area contributed by atoms with Gasteiger partial charge in [0.05, 0.1) is 15.9 Å². The summed E-state index contributed by atoms with van der Waals surface area (Å²) in [5, 5.41) is 0. The molecule has 0 radical (unpaired) electrons. The molecule has 0 amide bonds. The van der Waals surface area contributed by atoms with E-state index in [9.17, 15) is 4.79 Å².